The molecule has 4 rings (SSSR count). The van der Waals surface area contributed by atoms with Gasteiger partial charge in [-0.1, -0.05) is 25.7 Å². The van der Waals surface area contributed by atoms with Gasteiger partial charge in [-0.05, 0) is 56.4 Å². The number of carbonyl (C=O) groups is 2. The largest absolute Gasteiger partial charge is 0.493 e. The predicted octanol–water partition coefficient (Wildman–Crippen LogP) is 2.42. The lowest BCUT2D eigenvalue weighted by Crippen LogP contribution is -2.56. The molecule has 41 heavy (non-hydrogen) atoms. The summed E-state index contributed by atoms with van der Waals surface area (Å²) < 4.78 is 17.6. The molecule has 4 atom stereocenters. The Morgan fingerprint density at radius 2 is 1.95 bits per heavy atom. The summed E-state index contributed by atoms with van der Waals surface area (Å²) in [6, 6.07) is 2.64. The number of ether oxygens (including phenoxy) is 3. The first kappa shape index (κ1) is 31.3. The van der Waals surface area contributed by atoms with Crippen LogP contribution < -0.4 is 14.8 Å². The molecule has 1 saturated carbocycles. The van der Waals surface area contributed by atoms with Crippen molar-refractivity contribution in [2.24, 2.45) is 5.92 Å². The Balaban J connectivity index is 1.68. The molecular weight excluding hydrogens is 528 g/mol. The maximum atomic E-state index is 13.7. The van der Waals surface area contributed by atoms with Crippen LogP contribution in [0.5, 0.6) is 11.5 Å². The van der Waals surface area contributed by atoms with Gasteiger partial charge in [-0.15, -0.1) is 0 Å². The number of hydrogen-bond donors (Lipinski definition) is 4. The van der Waals surface area contributed by atoms with Crippen molar-refractivity contribution in [3.8, 4) is 11.5 Å². The minimum Gasteiger partial charge on any atom is -0.493 e. The van der Waals surface area contributed by atoms with E-state index in [2.05, 4.69) is 5.32 Å². The van der Waals surface area contributed by atoms with Crippen molar-refractivity contribution in [2.75, 3.05) is 33.4 Å². The van der Waals surface area contributed by atoms with Crippen molar-refractivity contribution >= 4 is 11.8 Å². The van der Waals surface area contributed by atoms with E-state index in [1.54, 1.807) is 23.1 Å². The normalized spacial score (nSPS) is 23.5. The first-order valence-corrected chi connectivity index (χ1v) is 15.0. The molecule has 4 unspecified atom stereocenters. The molecule has 1 aromatic carbocycles. The van der Waals surface area contributed by atoms with Crippen molar-refractivity contribution in [2.45, 2.75) is 95.7 Å². The van der Waals surface area contributed by atoms with Crippen LogP contribution in [0.15, 0.2) is 23.8 Å². The molecule has 1 fully saturated rings. The standard InChI is InChI=1S/C31H46N2O8/c1-19(2)40-14-6-12-33(26(36)10-9-20-7-4-5-8-20)24-17-23(31(38)32-11-13-34)27-22-15-21(18-35)16-25(39-3)29(22)41-30(27)28(24)37/h15-17,19-20,24,27-28,30,34-35,37H,4-14,18H2,1-3H3,(H,32,38). The van der Waals surface area contributed by atoms with E-state index in [0.29, 0.717) is 60.1 Å². The van der Waals surface area contributed by atoms with Crippen LogP contribution >= 0.6 is 0 Å². The summed E-state index contributed by atoms with van der Waals surface area (Å²) in [6.45, 7) is 4.35. The molecule has 2 amide bonds. The topological polar surface area (TPSA) is 138 Å². The maximum Gasteiger partial charge on any atom is 0.247 e. The van der Waals surface area contributed by atoms with E-state index in [1.807, 2.05) is 13.8 Å². The highest BCUT2D eigenvalue weighted by atomic mass is 16.5. The molecule has 1 heterocycles. The lowest BCUT2D eigenvalue weighted by Gasteiger charge is -2.41. The van der Waals surface area contributed by atoms with Crippen LogP contribution in [0.3, 0.4) is 0 Å². The highest BCUT2D eigenvalue weighted by Gasteiger charge is 2.51. The second-order valence-corrected chi connectivity index (χ2v) is 11.6. The lowest BCUT2D eigenvalue weighted by molar-refractivity contribution is -0.137. The number of aliphatic hydroxyl groups excluding tert-OH is 3. The number of aliphatic hydroxyl groups is 3. The molecule has 10 nitrogen and oxygen atoms in total. The van der Waals surface area contributed by atoms with E-state index in [1.165, 1.54) is 20.0 Å². The fourth-order valence-corrected chi connectivity index (χ4v) is 6.38. The number of benzene rings is 1. The van der Waals surface area contributed by atoms with Gasteiger partial charge in [-0.25, -0.2) is 0 Å². The van der Waals surface area contributed by atoms with Gasteiger partial charge in [0.05, 0.1) is 38.4 Å². The van der Waals surface area contributed by atoms with Crippen molar-refractivity contribution < 1.29 is 39.1 Å². The van der Waals surface area contributed by atoms with Gasteiger partial charge >= 0.3 is 0 Å². The van der Waals surface area contributed by atoms with Crippen LogP contribution in [-0.4, -0.2) is 89.8 Å². The Kier molecular flexibility index (Phi) is 11.1. The summed E-state index contributed by atoms with van der Waals surface area (Å²) in [4.78, 5) is 28.9. The molecule has 3 aliphatic rings. The monoisotopic (exact) mass is 574 g/mol. The van der Waals surface area contributed by atoms with Crippen molar-refractivity contribution in [1.82, 2.24) is 10.2 Å². The van der Waals surface area contributed by atoms with Crippen LogP contribution in [0.25, 0.3) is 0 Å². The number of rotatable bonds is 14. The van der Waals surface area contributed by atoms with E-state index < -0.39 is 30.1 Å². The third-order valence-electron chi connectivity index (χ3n) is 8.41. The smallest absolute Gasteiger partial charge is 0.247 e. The lowest BCUT2D eigenvalue weighted by atomic mass is 9.77. The van der Waals surface area contributed by atoms with Crippen LogP contribution in [0.4, 0.5) is 0 Å². The fourth-order valence-electron chi connectivity index (χ4n) is 6.38. The molecule has 0 radical (unpaired) electrons. The molecule has 1 aromatic rings. The fraction of sp³-hybridized carbons (Fsp3) is 0.677. The number of fused-ring (bicyclic) bond motifs is 3. The second kappa shape index (κ2) is 14.5. The van der Waals surface area contributed by atoms with Crippen LogP contribution in [0.2, 0.25) is 0 Å². The van der Waals surface area contributed by atoms with E-state index >= 15 is 0 Å². The highest BCUT2D eigenvalue weighted by molar-refractivity contribution is 5.96. The third kappa shape index (κ3) is 7.23. The first-order chi connectivity index (χ1) is 19.8. The average Bonchev–Trinajstić information content (AvgIpc) is 3.63. The molecule has 228 valence electrons. The van der Waals surface area contributed by atoms with Gasteiger partial charge in [0, 0.05) is 37.3 Å². The predicted molar refractivity (Wildman–Crippen MR) is 153 cm³/mol. The Labute approximate surface area is 242 Å². The molecule has 0 bridgehead atoms. The number of nitrogens with one attached hydrogen (secondary N) is 1. The molecule has 10 heteroatoms. The van der Waals surface area contributed by atoms with Crippen molar-refractivity contribution in [3.05, 3.63) is 34.9 Å². The molecule has 2 aliphatic carbocycles. The Morgan fingerprint density at radius 3 is 2.61 bits per heavy atom. The van der Waals surface area contributed by atoms with Gasteiger partial charge in [0.25, 0.3) is 0 Å². The van der Waals surface area contributed by atoms with Gasteiger partial charge in [-0.2, -0.15) is 0 Å². The van der Waals surface area contributed by atoms with Gasteiger partial charge in [0.15, 0.2) is 11.5 Å². The zero-order chi connectivity index (χ0) is 29.5. The number of carbonyl (C=O) groups excluding carboxylic acids is 2. The Hall–Kier alpha value is -2.66. The van der Waals surface area contributed by atoms with E-state index in [4.69, 9.17) is 14.2 Å². The van der Waals surface area contributed by atoms with Crippen LogP contribution in [-0.2, 0) is 20.9 Å². The minimum atomic E-state index is -1.12. The van der Waals surface area contributed by atoms with Gasteiger partial charge in [0.2, 0.25) is 11.8 Å². The number of nitrogens with zero attached hydrogens (tertiary/aromatic N) is 1. The van der Waals surface area contributed by atoms with E-state index in [-0.39, 0.29) is 31.8 Å². The molecule has 0 aromatic heterocycles. The summed E-state index contributed by atoms with van der Waals surface area (Å²) in [5, 5.41) is 33.7. The van der Waals surface area contributed by atoms with Gasteiger partial charge in [0.1, 0.15) is 12.2 Å². The number of methoxy groups -OCH3 is 1. The zero-order valence-electron chi connectivity index (χ0n) is 24.5. The Morgan fingerprint density at radius 1 is 1.20 bits per heavy atom. The van der Waals surface area contributed by atoms with Crippen molar-refractivity contribution in [3.63, 3.8) is 0 Å². The first-order valence-electron chi connectivity index (χ1n) is 15.0. The van der Waals surface area contributed by atoms with Crippen LogP contribution in [0, 0.1) is 5.92 Å². The molecular formula is C31H46N2O8. The number of hydrogen-bond acceptors (Lipinski definition) is 8. The molecule has 0 spiro atoms. The maximum absolute atomic E-state index is 13.7. The van der Waals surface area contributed by atoms with Crippen molar-refractivity contribution in [1.29, 1.82) is 0 Å². The Bertz CT molecular complexity index is 1080. The van der Waals surface area contributed by atoms with Crippen LogP contribution in [0.1, 0.15) is 75.8 Å². The second-order valence-electron chi connectivity index (χ2n) is 11.6. The SMILES string of the molecule is COc1cc(CO)cc2c1OC1C2C(C(=O)NCCO)=CC(N(CCCOC(C)C)C(=O)CCC2CCCC2)C1O. The van der Waals surface area contributed by atoms with Gasteiger partial charge < -0.3 is 39.7 Å². The van der Waals surface area contributed by atoms with Gasteiger partial charge in [-0.3, -0.25) is 9.59 Å². The summed E-state index contributed by atoms with van der Waals surface area (Å²) in [5.74, 6) is 0.236. The quantitative estimate of drug-likeness (QED) is 0.249. The molecule has 1 aliphatic heterocycles. The minimum absolute atomic E-state index is 0.0606. The summed E-state index contributed by atoms with van der Waals surface area (Å²) in [7, 11) is 1.50. The summed E-state index contributed by atoms with van der Waals surface area (Å²) in [5.41, 5.74) is 1.57. The zero-order valence-corrected chi connectivity index (χ0v) is 24.5. The van der Waals surface area contributed by atoms with E-state index in [0.717, 1.165) is 19.3 Å². The highest BCUT2D eigenvalue weighted by Crippen LogP contribution is 2.51. The van der Waals surface area contributed by atoms with E-state index in [9.17, 15) is 24.9 Å². The summed E-state index contributed by atoms with van der Waals surface area (Å²) >= 11 is 0. The molecule has 0 saturated heterocycles. The third-order valence-corrected chi connectivity index (χ3v) is 8.41. The molecule has 4 N–H and O–H groups in total. The average molecular weight is 575 g/mol. The summed E-state index contributed by atoms with van der Waals surface area (Å²) in [6.07, 6.45) is 6.24. The number of amides is 2.